The molecule has 2 N–H and O–H groups in total. The first-order chi connectivity index (χ1) is 15.7. The highest BCUT2D eigenvalue weighted by Gasteiger charge is 2.44. The molecule has 2 bridgehead atoms. The van der Waals surface area contributed by atoms with Gasteiger partial charge in [-0.15, -0.1) is 0 Å². The Morgan fingerprint density at radius 1 is 1.00 bits per heavy atom. The van der Waals surface area contributed by atoms with Crippen LogP contribution in [0.25, 0.3) is 0 Å². The van der Waals surface area contributed by atoms with Crippen molar-refractivity contribution in [1.29, 1.82) is 0 Å². The highest BCUT2D eigenvalue weighted by atomic mass is 19.4. The van der Waals surface area contributed by atoms with Gasteiger partial charge in [-0.25, -0.2) is 4.79 Å². The van der Waals surface area contributed by atoms with Gasteiger partial charge in [-0.2, -0.15) is 13.2 Å². The van der Waals surface area contributed by atoms with Crippen molar-refractivity contribution in [3.8, 4) is 0 Å². The number of nitrogens with one attached hydrogen (secondary N) is 1. The molecule has 0 radical (unpaired) electrons. The summed E-state index contributed by atoms with van der Waals surface area (Å²) in [4.78, 5) is 24.0. The molecule has 2 aromatic rings. The molecular weight excluding hydrogens is 437 g/mol. The zero-order valence-corrected chi connectivity index (χ0v) is 18.0. The molecular formula is C24H27F3N2O4. The maximum absolute atomic E-state index is 12.6. The maximum Gasteiger partial charge on any atom is 0.490 e. The minimum Gasteiger partial charge on any atom is -0.475 e. The molecule has 6 nitrogen and oxygen atoms in total. The third kappa shape index (κ3) is 7.57. The largest absolute Gasteiger partial charge is 0.490 e. The van der Waals surface area contributed by atoms with Gasteiger partial charge in [0.15, 0.2) is 0 Å². The van der Waals surface area contributed by atoms with Gasteiger partial charge in [0, 0.05) is 26.2 Å². The number of hydrogen-bond donors (Lipinski definition) is 2. The fourth-order valence-electron chi connectivity index (χ4n) is 4.04. The van der Waals surface area contributed by atoms with Gasteiger partial charge in [0.2, 0.25) is 5.91 Å². The molecule has 3 atom stereocenters. The fraction of sp³-hybridized carbons (Fsp3) is 0.417. The summed E-state index contributed by atoms with van der Waals surface area (Å²) in [6.45, 7) is 3.41. The molecule has 2 aromatic carbocycles. The van der Waals surface area contributed by atoms with Crippen LogP contribution >= 0.6 is 0 Å². The van der Waals surface area contributed by atoms with Gasteiger partial charge >= 0.3 is 12.1 Å². The van der Waals surface area contributed by atoms with Gasteiger partial charge in [0.25, 0.3) is 0 Å². The number of ether oxygens (including phenoxy) is 1. The topological polar surface area (TPSA) is 78.9 Å². The number of carboxylic acid groups (broad SMARTS) is 1. The van der Waals surface area contributed by atoms with Gasteiger partial charge in [-0.1, -0.05) is 60.7 Å². The summed E-state index contributed by atoms with van der Waals surface area (Å²) in [6.07, 6.45) is -2.98. The highest BCUT2D eigenvalue weighted by Crippen LogP contribution is 2.32. The molecule has 9 heteroatoms. The third-order valence-corrected chi connectivity index (χ3v) is 5.68. The SMILES string of the molecule is O=C(NCc1ccccc1)C1CC2CN(CCc3ccccc3)CC1O2.O=C(O)C(F)(F)F. The lowest BCUT2D eigenvalue weighted by Crippen LogP contribution is -2.46. The lowest BCUT2D eigenvalue weighted by molar-refractivity contribution is -0.192. The van der Waals surface area contributed by atoms with Gasteiger partial charge in [-0.05, 0) is 24.0 Å². The van der Waals surface area contributed by atoms with E-state index < -0.39 is 12.1 Å². The molecule has 3 unspecified atom stereocenters. The second-order valence-electron chi connectivity index (χ2n) is 8.14. The number of rotatable bonds is 6. The van der Waals surface area contributed by atoms with Crippen LogP contribution in [-0.2, 0) is 27.3 Å². The number of alkyl halides is 3. The van der Waals surface area contributed by atoms with Crippen LogP contribution in [0.15, 0.2) is 60.7 Å². The first kappa shape index (κ1) is 24.7. The summed E-state index contributed by atoms with van der Waals surface area (Å²) in [6, 6.07) is 20.6. The summed E-state index contributed by atoms with van der Waals surface area (Å²) in [5, 5.41) is 10.2. The van der Waals surface area contributed by atoms with E-state index in [1.807, 2.05) is 30.3 Å². The lowest BCUT2D eigenvalue weighted by Gasteiger charge is -2.32. The molecule has 4 rings (SSSR count). The number of likely N-dealkylation sites (tertiary alicyclic amines) is 1. The molecule has 2 aliphatic heterocycles. The van der Waals surface area contributed by atoms with E-state index in [0.29, 0.717) is 6.54 Å². The summed E-state index contributed by atoms with van der Waals surface area (Å²) in [7, 11) is 0. The fourth-order valence-corrected chi connectivity index (χ4v) is 4.04. The molecule has 1 amide bonds. The summed E-state index contributed by atoms with van der Waals surface area (Å²) < 4.78 is 37.8. The van der Waals surface area contributed by atoms with Crippen molar-refractivity contribution in [2.75, 3.05) is 19.6 Å². The van der Waals surface area contributed by atoms with Crippen LogP contribution in [0, 0.1) is 5.92 Å². The second kappa shape index (κ2) is 11.3. The first-order valence-corrected chi connectivity index (χ1v) is 10.8. The van der Waals surface area contributed by atoms with Crippen LogP contribution in [-0.4, -0.2) is 59.9 Å². The van der Waals surface area contributed by atoms with E-state index in [0.717, 1.165) is 38.0 Å². The molecule has 0 spiro atoms. The number of carbonyl (C=O) groups excluding carboxylic acids is 1. The second-order valence-corrected chi connectivity index (χ2v) is 8.14. The number of nitrogens with zero attached hydrogens (tertiary/aromatic N) is 1. The number of aliphatic carboxylic acids is 1. The van der Waals surface area contributed by atoms with Gasteiger partial charge < -0.3 is 15.2 Å². The van der Waals surface area contributed by atoms with E-state index >= 15 is 0 Å². The number of fused-ring (bicyclic) bond motifs is 2. The Morgan fingerprint density at radius 2 is 1.58 bits per heavy atom. The van der Waals surface area contributed by atoms with Crippen molar-refractivity contribution in [3.05, 3.63) is 71.8 Å². The average Bonchev–Trinajstić information content (AvgIpc) is 3.11. The van der Waals surface area contributed by atoms with E-state index in [1.54, 1.807) is 0 Å². The Kier molecular flexibility index (Phi) is 8.46. The molecule has 33 heavy (non-hydrogen) atoms. The molecule has 0 saturated carbocycles. The van der Waals surface area contributed by atoms with Crippen molar-refractivity contribution in [2.24, 2.45) is 5.92 Å². The predicted octanol–water partition coefficient (Wildman–Crippen LogP) is 3.27. The maximum atomic E-state index is 12.6. The van der Waals surface area contributed by atoms with Crippen molar-refractivity contribution >= 4 is 11.9 Å². The molecule has 0 aliphatic carbocycles. The molecule has 2 heterocycles. The zero-order valence-electron chi connectivity index (χ0n) is 18.0. The molecule has 178 valence electrons. The average molecular weight is 464 g/mol. The number of carboxylic acids is 1. The van der Waals surface area contributed by atoms with Gasteiger partial charge in [0.05, 0.1) is 18.1 Å². The molecule has 2 fully saturated rings. The molecule has 2 saturated heterocycles. The molecule has 2 aliphatic rings. The Hall–Kier alpha value is -2.91. The zero-order chi connectivity index (χ0) is 23.8. The monoisotopic (exact) mass is 464 g/mol. The Bertz CT molecular complexity index is 909. The van der Waals surface area contributed by atoms with Crippen molar-refractivity contribution in [1.82, 2.24) is 10.2 Å². The van der Waals surface area contributed by atoms with Crippen LogP contribution in [0.5, 0.6) is 0 Å². The Labute approximate surface area is 190 Å². The summed E-state index contributed by atoms with van der Waals surface area (Å²) >= 11 is 0. The van der Waals surface area contributed by atoms with Crippen LogP contribution in [0.2, 0.25) is 0 Å². The van der Waals surface area contributed by atoms with Crippen molar-refractivity contribution in [3.63, 3.8) is 0 Å². The smallest absolute Gasteiger partial charge is 0.475 e. The number of morpholine rings is 1. The predicted molar refractivity (Wildman–Crippen MR) is 115 cm³/mol. The van der Waals surface area contributed by atoms with E-state index in [2.05, 4.69) is 40.5 Å². The minimum atomic E-state index is -5.08. The van der Waals surface area contributed by atoms with Crippen molar-refractivity contribution < 1.29 is 32.6 Å². The third-order valence-electron chi connectivity index (χ3n) is 5.68. The van der Waals surface area contributed by atoms with Crippen LogP contribution in [0.4, 0.5) is 13.2 Å². The number of hydrogen-bond acceptors (Lipinski definition) is 4. The quantitative estimate of drug-likeness (QED) is 0.686. The van der Waals surface area contributed by atoms with Crippen LogP contribution in [0.3, 0.4) is 0 Å². The summed E-state index contributed by atoms with van der Waals surface area (Å²) in [5.41, 5.74) is 2.50. The Balaban J connectivity index is 0.000000383. The van der Waals surface area contributed by atoms with E-state index in [1.165, 1.54) is 5.56 Å². The molecule has 0 aromatic heterocycles. The van der Waals surface area contributed by atoms with E-state index in [4.69, 9.17) is 14.6 Å². The minimum absolute atomic E-state index is 0.0227. The number of amides is 1. The van der Waals surface area contributed by atoms with E-state index in [9.17, 15) is 18.0 Å². The van der Waals surface area contributed by atoms with Crippen molar-refractivity contribution in [2.45, 2.75) is 37.8 Å². The summed E-state index contributed by atoms with van der Waals surface area (Å²) in [5.74, 6) is -2.65. The van der Waals surface area contributed by atoms with E-state index in [-0.39, 0.29) is 24.0 Å². The van der Waals surface area contributed by atoms with Crippen LogP contribution in [0.1, 0.15) is 17.5 Å². The van der Waals surface area contributed by atoms with Gasteiger partial charge in [-0.3, -0.25) is 9.69 Å². The van der Waals surface area contributed by atoms with Crippen LogP contribution < -0.4 is 5.32 Å². The number of halogens is 3. The standard InChI is InChI=1S/C22H26N2O2.C2HF3O2/c25-22(23-14-18-9-5-2-6-10-18)20-13-19-15-24(16-21(20)26-19)12-11-17-7-3-1-4-8-17;3-2(4,5)1(6)7/h1-10,19-21H,11-16H2,(H,23,25);(H,6,7). The number of carbonyl (C=O) groups is 2. The first-order valence-electron chi connectivity index (χ1n) is 10.8. The Morgan fingerprint density at radius 3 is 2.15 bits per heavy atom. The number of benzene rings is 2. The lowest BCUT2D eigenvalue weighted by atomic mass is 9.99. The van der Waals surface area contributed by atoms with Gasteiger partial charge in [0.1, 0.15) is 0 Å². The normalized spacial score (nSPS) is 22.2. The highest BCUT2D eigenvalue weighted by molar-refractivity contribution is 5.79.